The van der Waals surface area contributed by atoms with E-state index in [1.807, 2.05) is 0 Å². The highest BCUT2D eigenvalue weighted by Gasteiger charge is 2.24. The zero-order chi connectivity index (χ0) is 7.78. The van der Waals surface area contributed by atoms with Crippen LogP contribution in [0.5, 0.6) is 0 Å². The highest BCUT2D eigenvalue weighted by Crippen LogP contribution is 2.36. The van der Waals surface area contributed by atoms with Gasteiger partial charge in [0.1, 0.15) is 0 Å². The van der Waals surface area contributed by atoms with Crippen LogP contribution in [0.25, 0.3) is 0 Å². The van der Waals surface area contributed by atoms with Gasteiger partial charge in [-0.05, 0) is 31.1 Å². The van der Waals surface area contributed by atoms with Gasteiger partial charge in [-0.1, -0.05) is 32.4 Å². The molecule has 1 unspecified atom stereocenters. The topological polar surface area (TPSA) is 0 Å². The van der Waals surface area contributed by atoms with E-state index in [1.165, 1.54) is 12.0 Å². The van der Waals surface area contributed by atoms with Crippen LogP contribution in [0, 0.1) is 17.8 Å². The molecule has 0 saturated carbocycles. The Balaban J connectivity index is 2.69. The molecule has 0 aliphatic heterocycles. The van der Waals surface area contributed by atoms with E-state index in [1.54, 1.807) is 0 Å². The lowest BCUT2D eigenvalue weighted by molar-refractivity contribution is 0.385. The fraction of sp³-hybridized carbons (Fsp3) is 0.700. The van der Waals surface area contributed by atoms with Gasteiger partial charge in [-0.15, -0.1) is 0 Å². The summed E-state index contributed by atoms with van der Waals surface area (Å²) in [4.78, 5) is 0. The molecule has 10 heavy (non-hydrogen) atoms. The summed E-state index contributed by atoms with van der Waals surface area (Å²) in [7, 11) is 0. The average molecular weight is 137 g/mol. The van der Waals surface area contributed by atoms with Gasteiger partial charge >= 0.3 is 0 Å². The predicted octanol–water partition coefficient (Wildman–Crippen LogP) is 3.20. The number of hydrogen-bond donors (Lipinski definition) is 0. The van der Waals surface area contributed by atoms with E-state index in [4.69, 9.17) is 0 Å². The lowest BCUT2D eigenvalue weighted by Crippen LogP contribution is -2.20. The summed E-state index contributed by atoms with van der Waals surface area (Å²) in [6, 6.07) is 0. The molecule has 0 spiro atoms. The van der Waals surface area contributed by atoms with Crippen molar-refractivity contribution in [3.05, 3.63) is 18.1 Å². The molecule has 0 aromatic rings. The summed E-state index contributed by atoms with van der Waals surface area (Å²) < 4.78 is 0. The van der Waals surface area contributed by atoms with Crippen molar-refractivity contribution in [1.29, 1.82) is 0 Å². The SMILES string of the molecule is CC1=CCC(C)(C)[CH]C1C. The van der Waals surface area contributed by atoms with Crippen molar-refractivity contribution < 1.29 is 0 Å². The minimum Gasteiger partial charge on any atom is -0.0848 e. The first-order valence-corrected chi connectivity index (χ1v) is 4.04. The Labute approximate surface area is 64.3 Å². The van der Waals surface area contributed by atoms with Crippen molar-refractivity contribution in [3.8, 4) is 0 Å². The van der Waals surface area contributed by atoms with Crippen LogP contribution >= 0.6 is 0 Å². The Morgan fingerprint density at radius 2 is 2.10 bits per heavy atom. The Morgan fingerprint density at radius 1 is 1.50 bits per heavy atom. The second-order valence-electron chi connectivity index (χ2n) is 4.10. The quantitative estimate of drug-likeness (QED) is 0.450. The van der Waals surface area contributed by atoms with Crippen LogP contribution in [0.2, 0.25) is 0 Å². The van der Waals surface area contributed by atoms with E-state index in [9.17, 15) is 0 Å². The lowest BCUT2D eigenvalue weighted by atomic mass is 9.74. The molecule has 0 heteroatoms. The van der Waals surface area contributed by atoms with E-state index in [2.05, 4.69) is 40.2 Å². The molecule has 0 nitrogen and oxygen atoms in total. The van der Waals surface area contributed by atoms with Gasteiger partial charge in [-0.25, -0.2) is 0 Å². The summed E-state index contributed by atoms with van der Waals surface area (Å²) in [5.74, 6) is 0.684. The number of rotatable bonds is 0. The van der Waals surface area contributed by atoms with Crippen molar-refractivity contribution >= 4 is 0 Å². The third-order valence-corrected chi connectivity index (χ3v) is 2.37. The van der Waals surface area contributed by atoms with Gasteiger partial charge in [0.15, 0.2) is 0 Å². The first kappa shape index (κ1) is 7.84. The van der Waals surface area contributed by atoms with Crippen molar-refractivity contribution in [3.63, 3.8) is 0 Å². The van der Waals surface area contributed by atoms with Crippen LogP contribution in [0.4, 0.5) is 0 Å². The molecule has 0 bridgehead atoms. The van der Waals surface area contributed by atoms with Crippen LogP contribution < -0.4 is 0 Å². The van der Waals surface area contributed by atoms with Crippen LogP contribution in [-0.4, -0.2) is 0 Å². The molecule has 0 aromatic heterocycles. The highest BCUT2D eigenvalue weighted by atomic mass is 14.3. The standard InChI is InChI=1S/C10H17/c1-8-5-6-10(3,4)7-9(8)2/h5,7,9H,6H2,1-4H3. The number of allylic oxidation sites excluding steroid dienone is 2. The molecule has 1 rings (SSSR count). The number of hydrogen-bond acceptors (Lipinski definition) is 0. The molecule has 0 N–H and O–H groups in total. The minimum absolute atomic E-state index is 0.429. The molecule has 0 aromatic carbocycles. The van der Waals surface area contributed by atoms with E-state index < -0.39 is 0 Å². The average Bonchev–Trinajstić information content (AvgIpc) is 1.79. The van der Waals surface area contributed by atoms with Gasteiger partial charge in [-0.2, -0.15) is 0 Å². The van der Waals surface area contributed by atoms with Crippen LogP contribution in [0.1, 0.15) is 34.1 Å². The minimum atomic E-state index is 0.429. The normalized spacial score (nSPS) is 31.6. The van der Waals surface area contributed by atoms with E-state index in [0.717, 1.165) is 0 Å². The van der Waals surface area contributed by atoms with Gasteiger partial charge in [0.25, 0.3) is 0 Å². The third-order valence-electron chi connectivity index (χ3n) is 2.37. The summed E-state index contributed by atoms with van der Waals surface area (Å²) in [5.41, 5.74) is 1.96. The Morgan fingerprint density at radius 3 is 2.50 bits per heavy atom. The molecule has 1 aliphatic rings. The van der Waals surface area contributed by atoms with Crippen LogP contribution in [0.15, 0.2) is 11.6 Å². The second-order valence-corrected chi connectivity index (χ2v) is 4.10. The summed E-state index contributed by atoms with van der Waals surface area (Å²) in [6.45, 7) is 9.09. The fourth-order valence-electron chi connectivity index (χ4n) is 1.49. The molecule has 0 amide bonds. The predicted molar refractivity (Wildman–Crippen MR) is 45.6 cm³/mol. The first-order valence-electron chi connectivity index (χ1n) is 4.04. The second kappa shape index (κ2) is 2.41. The zero-order valence-corrected chi connectivity index (χ0v) is 7.44. The van der Waals surface area contributed by atoms with Gasteiger partial charge in [0.2, 0.25) is 0 Å². The van der Waals surface area contributed by atoms with E-state index in [-0.39, 0.29) is 0 Å². The third kappa shape index (κ3) is 1.62. The van der Waals surface area contributed by atoms with Crippen LogP contribution in [0.3, 0.4) is 0 Å². The van der Waals surface area contributed by atoms with Crippen molar-refractivity contribution in [2.24, 2.45) is 11.3 Å². The Bertz CT molecular complexity index is 151. The summed E-state index contributed by atoms with van der Waals surface area (Å²) in [5, 5.41) is 0. The molecule has 0 fully saturated rings. The van der Waals surface area contributed by atoms with Crippen molar-refractivity contribution in [1.82, 2.24) is 0 Å². The van der Waals surface area contributed by atoms with Crippen molar-refractivity contribution in [2.75, 3.05) is 0 Å². The molecule has 57 valence electrons. The molecular formula is C10H17. The molecule has 1 aliphatic carbocycles. The molecule has 0 saturated heterocycles. The van der Waals surface area contributed by atoms with Gasteiger partial charge < -0.3 is 0 Å². The lowest BCUT2D eigenvalue weighted by Gasteiger charge is -2.31. The Hall–Kier alpha value is -0.260. The van der Waals surface area contributed by atoms with Gasteiger partial charge in [-0.3, -0.25) is 0 Å². The molecule has 1 radical (unpaired) electrons. The maximum atomic E-state index is 2.45. The maximum absolute atomic E-state index is 2.45. The van der Waals surface area contributed by atoms with Gasteiger partial charge in [0.05, 0.1) is 0 Å². The first-order chi connectivity index (χ1) is 4.51. The molecule has 1 atom stereocenters. The zero-order valence-electron chi connectivity index (χ0n) is 7.44. The molecule has 0 heterocycles. The monoisotopic (exact) mass is 137 g/mol. The Kier molecular flexibility index (Phi) is 1.89. The van der Waals surface area contributed by atoms with Crippen LogP contribution in [-0.2, 0) is 0 Å². The van der Waals surface area contributed by atoms with Crippen molar-refractivity contribution in [2.45, 2.75) is 34.1 Å². The summed E-state index contributed by atoms with van der Waals surface area (Å²) in [6.07, 6.45) is 6.02. The largest absolute Gasteiger partial charge is 0.0848 e. The fourth-order valence-corrected chi connectivity index (χ4v) is 1.49. The summed E-state index contributed by atoms with van der Waals surface area (Å²) >= 11 is 0. The smallest absolute Gasteiger partial charge is 0.0198 e. The highest BCUT2D eigenvalue weighted by molar-refractivity contribution is 5.16. The van der Waals surface area contributed by atoms with Gasteiger partial charge in [0, 0.05) is 0 Å². The van der Waals surface area contributed by atoms with E-state index >= 15 is 0 Å². The molecular weight excluding hydrogens is 120 g/mol. The maximum Gasteiger partial charge on any atom is -0.0198 e. The van der Waals surface area contributed by atoms with E-state index in [0.29, 0.717) is 11.3 Å².